The van der Waals surface area contributed by atoms with Gasteiger partial charge in [0.25, 0.3) is 5.91 Å². The number of amides is 1. The second-order valence-electron chi connectivity index (χ2n) is 4.44. The van der Waals surface area contributed by atoms with E-state index < -0.39 is 0 Å². The molecule has 1 amide bonds. The highest BCUT2D eigenvalue weighted by Crippen LogP contribution is 2.28. The quantitative estimate of drug-likeness (QED) is 0.878. The molecule has 2 N–H and O–H groups in total. The Bertz CT molecular complexity index is 615. The zero-order valence-corrected chi connectivity index (χ0v) is 12.3. The van der Waals surface area contributed by atoms with E-state index in [-0.39, 0.29) is 11.7 Å². The lowest BCUT2D eigenvalue weighted by Crippen LogP contribution is -2.13. The zero-order valence-electron chi connectivity index (χ0n) is 10.7. The molecule has 0 aliphatic heterocycles. The van der Waals surface area contributed by atoms with Crippen LogP contribution in [0, 0.1) is 13.8 Å². The summed E-state index contributed by atoms with van der Waals surface area (Å²) >= 11 is 3.45. The summed E-state index contributed by atoms with van der Waals surface area (Å²) in [7, 11) is 0. The molecule has 0 spiro atoms. The molecule has 0 fully saturated rings. The minimum absolute atomic E-state index is 0.0762. The number of phenols is 1. The first-order valence-corrected chi connectivity index (χ1v) is 6.64. The van der Waals surface area contributed by atoms with Gasteiger partial charge < -0.3 is 10.4 Å². The third-order valence-corrected chi connectivity index (χ3v) is 3.40. The molecule has 0 heterocycles. The van der Waals surface area contributed by atoms with Crippen LogP contribution in [0.3, 0.4) is 0 Å². The predicted molar refractivity (Wildman–Crippen MR) is 79.7 cm³/mol. The second-order valence-corrected chi connectivity index (χ2v) is 5.30. The lowest BCUT2D eigenvalue weighted by atomic mass is 10.1. The Morgan fingerprint density at radius 1 is 1.21 bits per heavy atom. The van der Waals surface area contributed by atoms with Crippen molar-refractivity contribution in [3.8, 4) is 5.75 Å². The highest BCUT2D eigenvalue weighted by atomic mass is 79.9. The Morgan fingerprint density at radius 2 is 1.95 bits per heavy atom. The van der Waals surface area contributed by atoms with E-state index >= 15 is 0 Å². The fourth-order valence-electron chi connectivity index (χ4n) is 1.91. The third-order valence-electron chi connectivity index (χ3n) is 2.78. The number of anilines is 1. The standard InChI is InChI=1S/C15H14BrNO2/c1-9-6-10(2)14(13(16)7-9)17-15(19)11-4-3-5-12(18)8-11/h3-8,18H,1-2H3,(H,17,19). The molecular formula is C15H14BrNO2. The molecule has 4 heteroatoms. The van der Waals surface area contributed by atoms with Crippen molar-refractivity contribution < 1.29 is 9.90 Å². The van der Waals surface area contributed by atoms with Gasteiger partial charge in [0.1, 0.15) is 5.75 Å². The van der Waals surface area contributed by atoms with Crippen LogP contribution in [0.4, 0.5) is 5.69 Å². The molecule has 0 aliphatic rings. The van der Waals surface area contributed by atoms with Crippen molar-refractivity contribution >= 4 is 27.5 Å². The highest BCUT2D eigenvalue weighted by molar-refractivity contribution is 9.10. The maximum atomic E-state index is 12.1. The van der Waals surface area contributed by atoms with Crippen molar-refractivity contribution in [2.75, 3.05) is 5.32 Å². The number of nitrogens with one attached hydrogen (secondary N) is 1. The van der Waals surface area contributed by atoms with Crippen LogP contribution in [0.25, 0.3) is 0 Å². The number of phenolic OH excluding ortho intramolecular Hbond substituents is 1. The lowest BCUT2D eigenvalue weighted by Gasteiger charge is -2.12. The minimum Gasteiger partial charge on any atom is -0.508 e. The van der Waals surface area contributed by atoms with Gasteiger partial charge >= 0.3 is 0 Å². The fraction of sp³-hybridized carbons (Fsp3) is 0.133. The lowest BCUT2D eigenvalue weighted by molar-refractivity contribution is 0.102. The van der Waals surface area contributed by atoms with Gasteiger partial charge in [-0.1, -0.05) is 12.1 Å². The molecule has 0 unspecified atom stereocenters. The van der Waals surface area contributed by atoms with Gasteiger partial charge in [0, 0.05) is 10.0 Å². The summed E-state index contributed by atoms with van der Waals surface area (Å²) in [6.45, 7) is 3.94. The van der Waals surface area contributed by atoms with E-state index in [0.29, 0.717) is 5.56 Å². The van der Waals surface area contributed by atoms with E-state index in [0.717, 1.165) is 21.3 Å². The van der Waals surface area contributed by atoms with Crippen LogP contribution in [-0.4, -0.2) is 11.0 Å². The van der Waals surface area contributed by atoms with Gasteiger partial charge in [0.05, 0.1) is 5.69 Å². The van der Waals surface area contributed by atoms with Gasteiger partial charge in [-0.3, -0.25) is 4.79 Å². The number of hydrogen-bond donors (Lipinski definition) is 2. The fourth-order valence-corrected chi connectivity index (χ4v) is 2.68. The van der Waals surface area contributed by atoms with Crippen molar-refractivity contribution in [1.82, 2.24) is 0 Å². The van der Waals surface area contributed by atoms with Crippen LogP contribution in [0.5, 0.6) is 5.75 Å². The van der Waals surface area contributed by atoms with Gasteiger partial charge in [-0.05, 0) is 65.2 Å². The maximum Gasteiger partial charge on any atom is 0.255 e. The first kappa shape index (κ1) is 13.6. The Hall–Kier alpha value is -1.81. The van der Waals surface area contributed by atoms with E-state index in [2.05, 4.69) is 21.2 Å². The summed E-state index contributed by atoms with van der Waals surface area (Å²) in [4.78, 5) is 12.1. The molecule has 0 radical (unpaired) electrons. The molecule has 2 rings (SSSR count). The summed E-state index contributed by atoms with van der Waals surface area (Å²) in [6.07, 6.45) is 0. The summed E-state index contributed by atoms with van der Waals surface area (Å²) < 4.78 is 0.846. The topological polar surface area (TPSA) is 49.3 Å². The SMILES string of the molecule is Cc1cc(C)c(NC(=O)c2cccc(O)c2)c(Br)c1. The molecule has 3 nitrogen and oxygen atoms in total. The molecule has 19 heavy (non-hydrogen) atoms. The third kappa shape index (κ3) is 3.15. The van der Waals surface area contributed by atoms with Crippen LogP contribution in [0.15, 0.2) is 40.9 Å². The van der Waals surface area contributed by atoms with Gasteiger partial charge in [-0.15, -0.1) is 0 Å². The molecule has 0 aliphatic carbocycles. The molecule has 2 aromatic rings. The number of benzene rings is 2. The number of hydrogen-bond acceptors (Lipinski definition) is 2. The van der Waals surface area contributed by atoms with Crippen LogP contribution in [0.2, 0.25) is 0 Å². The maximum absolute atomic E-state index is 12.1. The molecule has 0 saturated heterocycles. The monoisotopic (exact) mass is 319 g/mol. The minimum atomic E-state index is -0.247. The molecule has 0 saturated carbocycles. The van der Waals surface area contributed by atoms with E-state index in [9.17, 15) is 9.90 Å². The van der Waals surface area contributed by atoms with Crippen molar-refractivity contribution in [2.24, 2.45) is 0 Å². The highest BCUT2D eigenvalue weighted by Gasteiger charge is 2.11. The van der Waals surface area contributed by atoms with Crippen molar-refractivity contribution in [2.45, 2.75) is 13.8 Å². The number of carbonyl (C=O) groups is 1. The van der Waals surface area contributed by atoms with Gasteiger partial charge in [0.2, 0.25) is 0 Å². The number of aryl methyl sites for hydroxylation is 2. The summed E-state index contributed by atoms with van der Waals surface area (Å²) in [5, 5.41) is 12.2. The molecule has 98 valence electrons. The molecular weight excluding hydrogens is 306 g/mol. The van der Waals surface area contributed by atoms with Crippen molar-refractivity contribution in [3.05, 3.63) is 57.6 Å². The number of halogens is 1. The van der Waals surface area contributed by atoms with E-state index in [1.54, 1.807) is 12.1 Å². The number of aromatic hydroxyl groups is 1. The predicted octanol–water partition coefficient (Wildman–Crippen LogP) is 4.02. The van der Waals surface area contributed by atoms with Gasteiger partial charge in [-0.2, -0.15) is 0 Å². The Kier molecular flexibility index (Phi) is 3.90. The van der Waals surface area contributed by atoms with Crippen LogP contribution < -0.4 is 5.32 Å². The Morgan fingerprint density at radius 3 is 2.58 bits per heavy atom. The number of carbonyl (C=O) groups excluding carboxylic acids is 1. The smallest absolute Gasteiger partial charge is 0.255 e. The molecule has 0 bridgehead atoms. The summed E-state index contributed by atoms with van der Waals surface area (Å²) in [5.41, 5.74) is 3.28. The van der Waals surface area contributed by atoms with Crippen LogP contribution in [-0.2, 0) is 0 Å². The van der Waals surface area contributed by atoms with Gasteiger partial charge in [0.15, 0.2) is 0 Å². The molecule has 0 aromatic heterocycles. The normalized spacial score (nSPS) is 10.3. The van der Waals surface area contributed by atoms with E-state index in [1.165, 1.54) is 12.1 Å². The number of rotatable bonds is 2. The van der Waals surface area contributed by atoms with E-state index in [1.807, 2.05) is 26.0 Å². The average molecular weight is 320 g/mol. The van der Waals surface area contributed by atoms with Crippen molar-refractivity contribution in [3.63, 3.8) is 0 Å². The molecule has 2 aromatic carbocycles. The Labute approximate surface area is 120 Å². The van der Waals surface area contributed by atoms with Crippen LogP contribution >= 0.6 is 15.9 Å². The average Bonchev–Trinajstić information content (AvgIpc) is 2.33. The second kappa shape index (κ2) is 5.45. The van der Waals surface area contributed by atoms with E-state index in [4.69, 9.17) is 0 Å². The van der Waals surface area contributed by atoms with Gasteiger partial charge in [-0.25, -0.2) is 0 Å². The summed E-state index contributed by atoms with van der Waals surface area (Å²) in [6, 6.07) is 10.2. The molecule has 0 atom stereocenters. The Balaban J connectivity index is 2.29. The zero-order chi connectivity index (χ0) is 14.0. The largest absolute Gasteiger partial charge is 0.508 e. The first-order chi connectivity index (χ1) is 8.97. The first-order valence-electron chi connectivity index (χ1n) is 5.84. The van der Waals surface area contributed by atoms with Crippen molar-refractivity contribution in [1.29, 1.82) is 0 Å². The van der Waals surface area contributed by atoms with Crippen LogP contribution in [0.1, 0.15) is 21.5 Å². The summed E-state index contributed by atoms with van der Waals surface area (Å²) in [5.74, 6) is -0.170.